The van der Waals surface area contributed by atoms with E-state index in [1.165, 1.54) is 24.3 Å². The largest absolute Gasteiger partial charge is 0.492 e. The van der Waals surface area contributed by atoms with Crippen molar-refractivity contribution in [2.75, 3.05) is 37.0 Å². The monoisotopic (exact) mass is 513 g/mol. The zero-order valence-corrected chi connectivity index (χ0v) is 21.3. The third kappa shape index (κ3) is 8.87. The van der Waals surface area contributed by atoms with Gasteiger partial charge in [0, 0.05) is 26.1 Å². The van der Waals surface area contributed by atoms with E-state index in [1.807, 2.05) is 33.0 Å². The SMILES string of the molecule is CCO[C@@H](Cc1ccc(OCCN(C)c2nc(NC(C)C)nc(Oc3ccc(F)cc3)n2)cc1)C(=O)O. The number of hydrogen-bond acceptors (Lipinski definition) is 9. The third-order valence-corrected chi connectivity index (χ3v) is 5.07. The number of halogens is 1. The van der Waals surface area contributed by atoms with Gasteiger partial charge in [0.2, 0.25) is 11.9 Å². The minimum atomic E-state index is -0.985. The molecule has 0 saturated carbocycles. The molecule has 0 unspecified atom stereocenters. The molecule has 11 heteroatoms. The lowest BCUT2D eigenvalue weighted by Crippen LogP contribution is -2.27. The normalized spacial score (nSPS) is 11.7. The van der Waals surface area contributed by atoms with Crippen molar-refractivity contribution in [1.82, 2.24) is 15.0 Å². The van der Waals surface area contributed by atoms with Crippen LogP contribution >= 0.6 is 0 Å². The number of carbonyl (C=O) groups is 1. The van der Waals surface area contributed by atoms with E-state index in [1.54, 1.807) is 24.0 Å². The summed E-state index contributed by atoms with van der Waals surface area (Å²) in [7, 11) is 1.82. The second-order valence-corrected chi connectivity index (χ2v) is 8.50. The van der Waals surface area contributed by atoms with Crippen molar-refractivity contribution >= 4 is 17.9 Å². The summed E-state index contributed by atoms with van der Waals surface area (Å²) in [5, 5.41) is 12.4. The van der Waals surface area contributed by atoms with E-state index >= 15 is 0 Å². The minimum absolute atomic E-state index is 0.0785. The first-order valence-corrected chi connectivity index (χ1v) is 12.0. The van der Waals surface area contributed by atoms with Crippen LogP contribution in [-0.2, 0) is 16.0 Å². The van der Waals surface area contributed by atoms with Gasteiger partial charge in [-0.25, -0.2) is 9.18 Å². The van der Waals surface area contributed by atoms with Gasteiger partial charge >= 0.3 is 12.0 Å². The fourth-order valence-corrected chi connectivity index (χ4v) is 3.25. The number of benzene rings is 2. The number of aliphatic carboxylic acids is 1. The summed E-state index contributed by atoms with van der Waals surface area (Å²) < 4.78 is 30.0. The molecule has 0 amide bonds. The number of hydrogen-bond donors (Lipinski definition) is 2. The van der Waals surface area contributed by atoms with Gasteiger partial charge in [-0.05, 0) is 62.7 Å². The predicted molar refractivity (Wildman–Crippen MR) is 137 cm³/mol. The Hall–Kier alpha value is -3.99. The lowest BCUT2D eigenvalue weighted by atomic mass is 10.1. The van der Waals surface area contributed by atoms with Crippen LogP contribution in [-0.4, -0.2) is 65.0 Å². The molecule has 37 heavy (non-hydrogen) atoms. The molecule has 0 fully saturated rings. The molecule has 0 radical (unpaired) electrons. The van der Waals surface area contributed by atoms with Crippen molar-refractivity contribution in [3.05, 3.63) is 59.9 Å². The molecule has 1 aromatic heterocycles. The van der Waals surface area contributed by atoms with E-state index in [0.29, 0.717) is 43.2 Å². The molecule has 3 rings (SSSR count). The number of carboxylic acid groups (broad SMARTS) is 1. The van der Waals surface area contributed by atoms with Crippen molar-refractivity contribution < 1.29 is 28.5 Å². The summed E-state index contributed by atoms with van der Waals surface area (Å²) >= 11 is 0. The number of aromatic nitrogens is 3. The van der Waals surface area contributed by atoms with Gasteiger partial charge in [0.15, 0.2) is 6.10 Å². The first-order chi connectivity index (χ1) is 17.7. The van der Waals surface area contributed by atoms with E-state index in [-0.39, 0.29) is 24.3 Å². The van der Waals surface area contributed by atoms with Crippen LogP contribution in [0.1, 0.15) is 26.3 Å². The molecular formula is C26H32FN5O5. The molecule has 10 nitrogen and oxygen atoms in total. The van der Waals surface area contributed by atoms with Gasteiger partial charge in [-0.15, -0.1) is 0 Å². The van der Waals surface area contributed by atoms with Crippen LogP contribution < -0.4 is 19.7 Å². The Morgan fingerprint density at radius 1 is 1.05 bits per heavy atom. The molecule has 1 heterocycles. The average Bonchev–Trinajstić information content (AvgIpc) is 2.85. The molecule has 2 aromatic carbocycles. The molecule has 0 aliphatic carbocycles. The van der Waals surface area contributed by atoms with Crippen molar-refractivity contribution in [2.45, 2.75) is 39.3 Å². The smallest absolute Gasteiger partial charge is 0.333 e. The number of likely N-dealkylation sites (N-methyl/N-ethyl adjacent to an activating group) is 1. The number of anilines is 2. The van der Waals surface area contributed by atoms with Crippen LogP contribution in [0, 0.1) is 5.82 Å². The van der Waals surface area contributed by atoms with Crippen LogP contribution in [0.5, 0.6) is 17.5 Å². The van der Waals surface area contributed by atoms with E-state index < -0.39 is 12.1 Å². The zero-order valence-electron chi connectivity index (χ0n) is 21.3. The third-order valence-electron chi connectivity index (χ3n) is 5.07. The summed E-state index contributed by atoms with van der Waals surface area (Å²) in [6, 6.07) is 13.0. The molecule has 0 saturated heterocycles. The quantitative estimate of drug-likeness (QED) is 0.325. The van der Waals surface area contributed by atoms with Gasteiger partial charge < -0.3 is 29.5 Å². The van der Waals surface area contributed by atoms with E-state index in [9.17, 15) is 14.3 Å². The Labute approximate surface area is 215 Å². The highest BCUT2D eigenvalue weighted by molar-refractivity contribution is 5.72. The van der Waals surface area contributed by atoms with Crippen molar-refractivity contribution in [3.63, 3.8) is 0 Å². The van der Waals surface area contributed by atoms with E-state index in [0.717, 1.165) is 5.56 Å². The Morgan fingerprint density at radius 3 is 2.35 bits per heavy atom. The highest BCUT2D eigenvalue weighted by atomic mass is 19.1. The van der Waals surface area contributed by atoms with Crippen LogP contribution in [0.15, 0.2) is 48.5 Å². The van der Waals surface area contributed by atoms with Crippen LogP contribution in [0.3, 0.4) is 0 Å². The van der Waals surface area contributed by atoms with Gasteiger partial charge in [-0.3, -0.25) is 0 Å². The van der Waals surface area contributed by atoms with Gasteiger partial charge in [-0.2, -0.15) is 15.0 Å². The Kier molecular flexibility index (Phi) is 9.96. The van der Waals surface area contributed by atoms with Crippen LogP contribution in [0.2, 0.25) is 0 Å². The first-order valence-electron chi connectivity index (χ1n) is 12.0. The molecule has 198 valence electrons. The predicted octanol–water partition coefficient (Wildman–Crippen LogP) is 4.17. The fraction of sp³-hybridized carbons (Fsp3) is 0.385. The van der Waals surface area contributed by atoms with E-state index in [4.69, 9.17) is 14.2 Å². The summed E-state index contributed by atoms with van der Waals surface area (Å²) in [4.78, 5) is 26.2. The molecular weight excluding hydrogens is 481 g/mol. The highest BCUT2D eigenvalue weighted by Crippen LogP contribution is 2.22. The average molecular weight is 514 g/mol. The maximum absolute atomic E-state index is 13.2. The maximum Gasteiger partial charge on any atom is 0.333 e. The lowest BCUT2D eigenvalue weighted by molar-refractivity contribution is -0.149. The van der Waals surface area contributed by atoms with E-state index in [2.05, 4.69) is 20.3 Å². The number of nitrogens with one attached hydrogen (secondary N) is 1. The molecule has 0 aliphatic heterocycles. The molecule has 1 atom stereocenters. The lowest BCUT2D eigenvalue weighted by Gasteiger charge is -2.19. The maximum atomic E-state index is 13.2. The Morgan fingerprint density at radius 2 is 1.73 bits per heavy atom. The van der Waals surface area contributed by atoms with Gasteiger partial charge in [0.25, 0.3) is 0 Å². The second-order valence-electron chi connectivity index (χ2n) is 8.50. The molecule has 0 aliphatic rings. The molecule has 0 bridgehead atoms. The number of carboxylic acids is 1. The summed E-state index contributed by atoms with van der Waals surface area (Å²) in [6.45, 7) is 6.84. The van der Waals surface area contributed by atoms with Gasteiger partial charge in [0.05, 0.1) is 6.54 Å². The van der Waals surface area contributed by atoms with Crippen molar-refractivity contribution in [1.29, 1.82) is 0 Å². The first kappa shape index (κ1) is 27.6. The minimum Gasteiger partial charge on any atom is -0.492 e. The topological polar surface area (TPSA) is 119 Å². The van der Waals surface area contributed by atoms with Crippen molar-refractivity contribution in [2.24, 2.45) is 0 Å². The summed E-state index contributed by atoms with van der Waals surface area (Å²) in [5.74, 6) is 0.437. The number of nitrogens with zero attached hydrogens (tertiary/aromatic N) is 4. The molecule has 2 N–H and O–H groups in total. The molecule has 0 spiro atoms. The van der Waals surface area contributed by atoms with Gasteiger partial charge in [-0.1, -0.05) is 12.1 Å². The summed E-state index contributed by atoms with van der Waals surface area (Å²) in [6.07, 6.45) is -0.599. The number of rotatable bonds is 14. The zero-order chi connectivity index (χ0) is 26.8. The summed E-state index contributed by atoms with van der Waals surface area (Å²) in [5.41, 5.74) is 0.842. The number of ether oxygens (including phenoxy) is 3. The Bertz CT molecular complexity index is 1150. The Balaban J connectivity index is 1.61. The van der Waals surface area contributed by atoms with Crippen LogP contribution in [0.4, 0.5) is 16.3 Å². The highest BCUT2D eigenvalue weighted by Gasteiger charge is 2.18. The van der Waals surface area contributed by atoms with Crippen molar-refractivity contribution in [3.8, 4) is 17.5 Å². The fourth-order valence-electron chi connectivity index (χ4n) is 3.25. The van der Waals surface area contributed by atoms with Gasteiger partial charge in [0.1, 0.15) is 23.9 Å². The standard InChI is InChI=1S/C26H32FN5O5/c1-5-35-22(23(33)34)16-18-6-10-20(11-7-18)36-15-14-32(4)25-29-24(28-17(2)3)30-26(31-25)37-21-12-8-19(27)9-13-21/h6-13,17,22H,5,14-16H2,1-4H3,(H,33,34)(H,28,29,30,31)/t22-/m0/s1. The van der Waals surface area contributed by atoms with Crippen LogP contribution in [0.25, 0.3) is 0 Å². The second kappa shape index (κ2) is 13.4. The molecule has 3 aromatic rings.